The van der Waals surface area contributed by atoms with E-state index in [1.165, 1.54) is 12.1 Å². The maximum atomic E-state index is 13.7. The fraction of sp³-hybridized carbons (Fsp3) is 0.303. The minimum atomic E-state index is -4.42. The second kappa shape index (κ2) is 14.0. The fourth-order valence-electron chi connectivity index (χ4n) is 5.32. The van der Waals surface area contributed by atoms with Gasteiger partial charge in [-0.25, -0.2) is 0 Å². The molecular formula is C33H34ClF3N6O. The lowest BCUT2D eigenvalue weighted by Gasteiger charge is -2.30. The maximum Gasteiger partial charge on any atom is 0.416 e. The van der Waals surface area contributed by atoms with Crippen LogP contribution in [0.25, 0.3) is 5.82 Å². The summed E-state index contributed by atoms with van der Waals surface area (Å²) in [5.41, 5.74) is 1.52. The third kappa shape index (κ3) is 8.19. The quantitative estimate of drug-likeness (QED) is 0.149. The molecule has 230 valence electrons. The lowest BCUT2D eigenvalue weighted by Crippen LogP contribution is -2.42. The molecule has 1 saturated carbocycles. The van der Waals surface area contributed by atoms with E-state index in [1.807, 2.05) is 47.3 Å². The Morgan fingerprint density at radius 1 is 0.955 bits per heavy atom. The van der Waals surface area contributed by atoms with Crippen molar-refractivity contribution >= 4 is 29.3 Å². The molecule has 0 spiro atoms. The summed E-state index contributed by atoms with van der Waals surface area (Å²) in [7, 11) is 0. The smallest absolute Gasteiger partial charge is 0.355 e. The van der Waals surface area contributed by atoms with Gasteiger partial charge in [-0.15, -0.1) is 0 Å². The number of hydrogen-bond donors (Lipinski definition) is 3. The summed E-state index contributed by atoms with van der Waals surface area (Å²) in [6, 6.07) is 16.9. The molecule has 1 amide bonds. The Hall–Kier alpha value is -4.31. The number of alkyl halides is 3. The summed E-state index contributed by atoms with van der Waals surface area (Å²) >= 11 is 6.15. The first-order chi connectivity index (χ1) is 21.2. The number of hydrogen-bond acceptors (Lipinski definition) is 5. The van der Waals surface area contributed by atoms with E-state index in [-0.39, 0.29) is 18.4 Å². The molecule has 1 fully saturated rings. The van der Waals surface area contributed by atoms with Crippen LogP contribution >= 0.6 is 11.6 Å². The monoisotopic (exact) mass is 622 g/mol. The Morgan fingerprint density at radius 3 is 2.36 bits per heavy atom. The molecule has 0 bridgehead atoms. The molecule has 0 aliphatic heterocycles. The number of carbonyl (C=O) groups is 1. The second-order valence-electron chi connectivity index (χ2n) is 10.9. The number of aromatic nitrogens is 3. The van der Waals surface area contributed by atoms with Crippen LogP contribution < -0.4 is 16.0 Å². The zero-order valence-corrected chi connectivity index (χ0v) is 24.8. The SMILES string of the molecule is C=C(C1CCCCC1)[C@@H](Nc1cc(-n2cccc2)nc(NCc2cccc(Cl)c2)n1)C(=O)NCc1ccc(C(F)(F)F)cc1. The van der Waals surface area contributed by atoms with E-state index in [2.05, 4.69) is 32.5 Å². The lowest BCUT2D eigenvalue weighted by atomic mass is 9.81. The average Bonchev–Trinajstić information content (AvgIpc) is 3.57. The summed E-state index contributed by atoms with van der Waals surface area (Å²) in [4.78, 5) is 23.0. The van der Waals surface area contributed by atoms with Gasteiger partial charge in [-0.1, -0.05) is 61.7 Å². The van der Waals surface area contributed by atoms with Crippen LogP contribution in [0.3, 0.4) is 0 Å². The molecule has 2 aromatic carbocycles. The van der Waals surface area contributed by atoms with Gasteiger partial charge in [0.15, 0.2) is 0 Å². The van der Waals surface area contributed by atoms with Crippen molar-refractivity contribution in [2.24, 2.45) is 5.92 Å². The van der Waals surface area contributed by atoms with Crippen molar-refractivity contribution in [2.75, 3.05) is 10.6 Å². The van der Waals surface area contributed by atoms with Crippen LogP contribution in [0.5, 0.6) is 0 Å². The second-order valence-corrected chi connectivity index (χ2v) is 11.3. The Bertz CT molecular complexity index is 1570. The largest absolute Gasteiger partial charge is 0.416 e. The van der Waals surface area contributed by atoms with Crippen LogP contribution in [-0.2, 0) is 24.1 Å². The molecule has 5 rings (SSSR count). The van der Waals surface area contributed by atoms with Crippen LogP contribution in [0.2, 0.25) is 5.02 Å². The van der Waals surface area contributed by atoms with Crippen LogP contribution in [0.1, 0.15) is 48.8 Å². The van der Waals surface area contributed by atoms with Gasteiger partial charge in [0.05, 0.1) is 5.56 Å². The number of anilines is 2. The molecule has 0 radical (unpaired) electrons. The van der Waals surface area contributed by atoms with Crippen molar-refractivity contribution in [3.63, 3.8) is 0 Å². The average molecular weight is 623 g/mol. The van der Waals surface area contributed by atoms with E-state index >= 15 is 0 Å². The van der Waals surface area contributed by atoms with Crippen molar-refractivity contribution in [1.29, 1.82) is 0 Å². The molecule has 1 atom stereocenters. The third-order valence-electron chi connectivity index (χ3n) is 7.72. The van der Waals surface area contributed by atoms with Crippen LogP contribution in [0, 0.1) is 5.92 Å². The molecule has 11 heteroatoms. The number of rotatable bonds is 11. The van der Waals surface area contributed by atoms with Crippen molar-refractivity contribution in [3.8, 4) is 5.82 Å². The third-order valence-corrected chi connectivity index (χ3v) is 7.96. The van der Waals surface area contributed by atoms with Gasteiger partial charge < -0.3 is 20.5 Å². The van der Waals surface area contributed by atoms with Gasteiger partial charge in [0, 0.05) is 36.6 Å². The summed E-state index contributed by atoms with van der Waals surface area (Å²) in [5, 5.41) is 10.1. The predicted octanol–water partition coefficient (Wildman–Crippen LogP) is 7.79. The molecular weight excluding hydrogens is 589 g/mol. The van der Waals surface area contributed by atoms with Crippen molar-refractivity contribution in [1.82, 2.24) is 19.9 Å². The van der Waals surface area contributed by atoms with E-state index in [9.17, 15) is 18.0 Å². The molecule has 2 heterocycles. The standard InChI is InChI=1S/C33H34ClF3N6O/c1-22(25-9-3-2-4-10-25)30(31(44)38-20-23-12-14-26(15-13-23)33(35,36)37)40-28-19-29(43-16-5-6-17-43)42-32(41-28)39-21-24-8-7-11-27(34)18-24/h5-8,11-19,25,30H,1-4,9-10,20-21H2,(H,38,44)(H2,39,40,41,42)/t30-/m1/s1. The van der Waals surface area contributed by atoms with Gasteiger partial charge >= 0.3 is 6.18 Å². The number of benzene rings is 2. The van der Waals surface area contributed by atoms with Gasteiger partial charge in [-0.2, -0.15) is 23.1 Å². The van der Waals surface area contributed by atoms with E-state index in [4.69, 9.17) is 11.6 Å². The zero-order chi connectivity index (χ0) is 31.1. The van der Waals surface area contributed by atoms with Gasteiger partial charge in [-0.3, -0.25) is 4.79 Å². The van der Waals surface area contributed by atoms with Gasteiger partial charge in [-0.05, 0) is 71.9 Å². The van der Waals surface area contributed by atoms with Crippen molar-refractivity contribution in [3.05, 3.63) is 113 Å². The predicted molar refractivity (Wildman–Crippen MR) is 167 cm³/mol. The fourth-order valence-corrected chi connectivity index (χ4v) is 5.53. The maximum absolute atomic E-state index is 13.7. The van der Waals surface area contributed by atoms with Crippen LogP contribution in [-0.4, -0.2) is 26.5 Å². The normalized spacial score (nSPS) is 14.5. The van der Waals surface area contributed by atoms with Gasteiger partial charge in [0.25, 0.3) is 0 Å². The Labute approximate surface area is 259 Å². The number of nitrogens with zero attached hydrogens (tertiary/aromatic N) is 3. The number of amides is 1. The highest BCUT2D eigenvalue weighted by Crippen LogP contribution is 2.32. The van der Waals surface area contributed by atoms with Gasteiger partial charge in [0.1, 0.15) is 17.7 Å². The van der Waals surface area contributed by atoms with Crippen LogP contribution in [0.4, 0.5) is 24.9 Å². The number of nitrogens with one attached hydrogen (secondary N) is 3. The summed E-state index contributed by atoms with van der Waals surface area (Å²) < 4.78 is 40.8. The first-order valence-electron chi connectivity index (χ1n) is 14.6. The van der Waals surface area contributed by atoms with E-state index in [1.54, 1.807) is 12.1 Å². The highest BCUT2D eigenvalue weighted by atomic mass is 35.5. The molecule has 1 aliphatic rings. The zero-order valence-electron chi connectivity index (χ0n) is 24.1. The minimum absolute atomic E-state index is 0.0674. The molecule has 7 nitrogen and oxygen atoms in total. The first-order valence-corrected chi connectivity index (χ1v) is 14.9. The molecule has 0 saturated heterocycles. The summed E-state index contributed by atoms with van der Waals surface area (Å²) in [6.07, 6.45) is 4.45. The minimum Gasteiger partial charge on any atom is -0.355 e. The Morgan fingerprint density at radius 2 is 1.68 bits per heavy atom. The molecule has 2 aromatic heterocycles. The number of halogens is 4. The van der Waals surface area contributed by atoms with Crippen molar-refractivity contribution < 1.29 is 18.0 Å². The molecule has 1 aliphatic carbocycles. The van der Waals surface area contributed by atoms with Crippen LogP contribution in [0.15, 0.2) is 91.3 Å². The first kappa shape index (κ1) is 31.1. The number of carbonyl (C=O) groups excluding carboxylic acids is 1. The summed E-state index contributed by atoms with van der Waals surface area (Å²) in [5.74, 6) is 1.18. The van der Waals surface area contributed by atoms with Gasteiger partial charge in [0.2, 0.25) is 11.9 Å². The highest BCUT2D eigenvalue weighted by Gasteiger charge is 2.31. The topological polar surface area (TPSA) is 83.9 Å². The Kier molecular flexibility index (Phi) is 9.89. The van der Waals surface area contributed by atoms with E-state index < -0.39 is 17.8 Å². The van der Waals surface area contributed by atoms with E-state index in [0.29, 0.717) is 34.7 Å². The molecule has 0 unspecified atom stereocenters. The lowest BCUT2D eigenvalue weighted by molar-refractivity contribution is -0.137. The van der Waals surface area contributed by atoms with E-state index in [0.717, 1.165) is 55.4 Å². The Balaban J connectivity index is 1.38. The molecule has 3 N–H and O–H groups in total. The van der Waals surface area contributed by atoms with Crippen molar-refractivity contribution in [2.45, 2.75) is 57.4 Å². The molecule has 4 aromatic rings. The summed E-state index contributed by atoms with van der Waals surface area (Å²) in [6.45, 7) is 4.84. The highest BCUT2D eigenvalue weighted by molar-refractivity contribution is 6.30. The molecule has 44 heavy (non-hydrogen) atoms.